The molecule has 3 rings (SSSR count). The van der Waals surface area contributed by atoms with Crippen molar-refractivity contribution in [2.45, 2.75) is 25.8 Å². The predicted molar refractivity (Wildman–Crippen MR) is 109 cm³/mol. The van der Waals surface area contributed by atoms with Crippen LogP contribution in [-0.4, -0.2) is 71.9 Å². The summed E-state index contributed by atoms with van der Waals surface area (Å²) >= 11 is 1.91. The van der Waals surface area contributed by atoms with Crippen molar-refractivity contribution in [3.05, 3.63) is 35.4 Å². The number of amides is 2. The van der Waals surface area contributed by atoms with Crippen LogP contribution in [0.15, 0.2) is 24.3 Å². The molecule has 2 amide bonds. The van der Waals surface area contributed by atoms with Crippen LogP contribution in [0.3, 0.4) is 0 Å². The SMILES string of the molecule is CCc1ccc(C(=O)N2CCN(C(=O)CC3CSCCN3)CC2)cc1.Cl. The fraction of sp³-hybridized carbons (Fsp3) is 0.579. The van der Waals surface area contributed by atoms with Gasteiger partial charge in [0.05, 0.1) is 0 Å². The van der Waals surface area contributed by atoms with Gasteiger partial charge < -0.3 is 15.1 Å². The number of benzene rings is 1. The first-order valence-corrected chi connectivity index (χ1v) is 10.3. The topological polar surface area (TPSA) is 52.7 Å². The second kappa shape index (κ2) is 10.2. The van der Waals surface area contributed by atoms with Crippen LogP contribution >= 0.6 is 24.2 Å². The number of nitrogens with one attached hydrogen (secondary N) is 1. The maximum Gasteiger partial charge on any atom is 0.253 e. The average molecular weight is 398 g/mol. The summed E-state index contributed by atoms with van der Waals surface area (Å²) in [5, 5.41) is 3.41. The Kier molecular flexibility index (Phi) is 8.25. The minimum atomic E-state index is 0. The number of nitrogens with zero attached hydrogens (tertiary/aromatic N) is 2. The van der Waals surface area contributed by atoms with Crippen LogP contribution in [0.2, 0.25) is 0 Å². The smallest absolute Gasteiger partial charge is 0.253 e. The Morgan fingerprint density at radius 2 is 1.77 bits per heavy atom. The number of hydrogen-bond donors (Lipinski definition) is 1. The number of rotatable bonds is 4. The molecule has 144 valence electrons. The van der Waals surface area contributed by atoms with Gasteiger partial charge in [-0.3, -0.25) is 9.59 Å². The van der Waals surface area contributed by atoms with E-state index in [1.54, 1.807) is 0 Å². The Morgan fingerprint density at radius 3 is 2.35 bits per heavy atom. The molecule has 1 atom stereocenters. The largest absolute Gasteiger partial charge is 0.339 e. The summed E-state index contributed by atoms with van der Waals surface area (Å²) in [6.45, 7) is 5.60. The molecule has 2 aliphatic rings. The van der Waals surface area contributed by atoms with Gasteiger partial charge in [0.25, 0.3) is 5.91 Å². The Balaban J connectivity index is 0.00000243. The predicted octanol–water partition coefficient (Wildman–Crippen LogP) is 2.05. The van der Waals surface area contributed by atoms with Crippen molar-refractivity contribution in [3.8, 4) is 0 Å². The van der Waals surface area contributed by atoms with Crippen molar-refractivity contribution >= 4 is 36.0 Å². The highest BCUT2D eigenvalue weighted by Gasteiger charge is 2.26. The summed E-state index contributed by atoms with van der Waals surface area (Å²) in [5.41, 5.74) is 1.97. The van der Waals surface area contributed by atoms with Gasteiger partial charge in [-0.05, 0) is 24.1 Å². The molecule has 2 saturated heterocycles. The average Bonchev–Trinajstić information content (AvgIpc) is 2.68. The van der Waals surface area contributed by atoms with Crippen LogP contribution in [0.4, 0.5) is 0 Å². The molecule has 0 aliphatic carbocycles. The quantitative estimate of drug-likeness (QED) is 0.844. The van der Waals surface area contributed by atoms with Crippen molar-refractivity contribution < 1.29 is 9.59 Å². The molecule has 1 aromatic rings. The normalized spacial score (nSPS) is 20.4. The monoisotopic (exact) mass is 397 g/mol. The highest BCUT2D eigenvalue weighted by molar-refractivity contribution is 7.99. The highest BCUT2D eigenvalue weighted by atomic mass is 35.5. The minimum Gasteiger partial charge on any atom is -0.339 e. The van der Waals surface area contributed by atoms with Crippen LogP contribution in [0, 0.1) is 0 Å². The molecule has 1 unspecified atom stereocenters. The molecule has 0 bridgehead atoms. The van der Waals surface area contributed by atoms with E-state index in [1.807, 2.05) is 45.8 Å². The van der Waals surface area contributed by atoms with Gasteiger partial charge in [-0.1, -0.05) is 19.1 Å². The zero-order valence-electron chi connectivity index (χ0n) is 15.3. The molecule has 0 saturated carbocycles. The molecule has 26 heavy (non-hydrogen) atoms. The standard InChI is InChI=1S/C19H27N3O2S.ClH/c1-2-15-3-5-16(6-4-15)19(24)22-10-8-21(9-11-22)18(23)13-17-14-25-12-7-20-17;/h3-6,17,20H,2,7-14H2,1H3;1H. The number of carbonyl (C=O) groups is 2. The van der Waals surface area contributed by atoms with Gasteiger partial charge in [-0.25, -0.2) is 0 Å². The molecule has 1 aromatic carbocycles. The number of hydrogen-bond acceptors (Lipinski definition) is 4. The van der Waals surface area contributed by atoms with Crippen molar-refractivity contribution in [3.63, 3.8) is 0 Å². The molecule has 7 heteroatoms. The summed E-state index contributed by atoms with van der Waals surface area (Å²) in [4.78, 5) is 28.8. The van der Waals surface area contributed by atoms with Crippen LogP contribution in [0.1, 0.15) is 29.3 Å². The van der Waals surface area contributed by atoms with E-state index in [2.05, 4.69) is 12.2 Å². The molecule has 0 spiro atoms. The molecule has 2 fully saturated rings. The Labute approximate surface area is 166 Å². The lowest BCUT2D eigenvalue weighted by Crippen LogP contribution is -2.52. The number of halogens is 1. The summed E-state index contributed by atoms with van der Waals surface area (Å²) in [6, 6.07) is 8.14. The Bertz CT molecular complexity index is 597. The fourth-order valence-corrected chi connectivity index (χ4v) is 4.26. The van der Waals surface area contributed by atoms with Gasteiger partial charge in [0.1, 0.15) is 0 Å². The van der Waals surface area contributed by atoms with Gasteiger partial charge >= 0.3 is 0 Å². The molecule has 5 nitrogen and oxygen atoms in total. The first-order valence-electron chi connectivity index (χ1n) is 9.14. The summed E-state index contributed by atoms with van der Waals surface area (Å²) in [7, 11) is 0. The van der Waals surface area contributed by atoms with E-state index in [1.165, 1.54) is 5.56 Å². The second-order valence-corrected chi connectivity index (χ2v) is 7.80. The zero-order valence-corrected chi connectivity index (χ0v) is 16.9. The van der Waals surface area contributed by atoms with Gasteiger partial charge in [0.15, 0.2) is 0 Å². The van der Waals surface area contributed by atoms with Crippen molar-refractivity contribution in [2.75, 3.05) is 44.2 Å². The van der Waals surface area contributed by atoms with Crippen LogP contribution in [0.5, 0.6) is 0 Å². The van der Waals surface area contributed by atoms with Gasteiger partial charge in [0, 0.05) is 62.3 Å². The molecular weight excluding hydrogens is 370 g/mol. The first-order chi connectivity index (χ1) is 12.2. The molecule has 0 radical (unpaired) electrons. The van der Waals surface area contributed by atoms with Crippen LogP contribution in [0.25, 0.3) is 0 Å². The summed E-state index contributed by atoms with van der Waals surface area (Å²) < 4.78 is 0. The Morgan fingerprint density at radius 1 is 1.12 bits per heavy atom. The van der Waals surface area contributed by atoms with E-state index in [4.69, 9.17) is 0 Å². The van der Waals surface area contributed by atoms with Crippen molar-refractivity contribution in [1.82, 2.24) is 15.1 Å². The highest BCUT2D eigenvalue weighted by Crippen LogP contribution is 2.14. The van der Waals surface area contributed by atoms with E-state index in [-0.39, 0.29) is 24.2 Å². The lowest BCUT2D eigenvalue weighted by Gasteiger charge is -2.36. The van der Waals surface area contributed by atoms with Crippen molar-refractivity contribution in [1.29, 1.82) is 0 Å². The lowest BCUT2D eigenvalue weighted by atomic mass is 10.1. The molecule has 2 aliphatic heterocycles. The minimum absolute atomic E-state index is 0. The fourth-order valence-electron chi connectivity index (χ4n) is 3.32. The van der Waals surface area contributed by atoms with E-state index in [9.17, 15) is 9.59 Å². The van der Waals surface area contributed by atoms with E-state index < -0.39 is 0 Å². The van der Waals surface area contributed by atoms with Gasteiger partial charge in [-0.2, -0.15) is 11.8 Å². The van der Waals surface area contributed by atoms with Gasteiger partial charge in [0.2, 0.25) is 5.91 Å². The van der Waals surface area contributed by atoms with E-state index in [0.29, 0.717) is 38.6 Å². The summed E-state index contributed by atoms with van der Waals surface area (Å²) in [6.07, 6.45) is 1.54. The van der Waals surface area contributed by atoms with E-state index in [0.717, 1.165) is 30.0 Å². The molecular formula is C19H28ClN3O2S. The second-order valence-electron chi connectivity index (χ2n) is 6.65. The number of piperazine rings is 1. The number of carbonyl (C=O) groups excluding carboxylic acids is 2. The van der Waals surface area contributed by atoms with Crippen molar-refractivity contribution in [2.24, 2.45) is 0 Å². The number of thioether (sulfide) groups is 1. The third-order valence-electron chi connectivity index (χ3n) is 4.95. The molecule has 1 N–H and O–H groups in total. The molecule has 0 aromatic heterocycles. The molecule has 2 heterocycles. The summed E-state index contributed by atoms with van der Waals surface area (Å²) in [5.74, 6) is 2.42. The van der Waals surface area contributed by atoms with Crippen LogP contribution < -0.4 is 5.32 Å². The maximum atomic E-state index is 12.6. The first kappa shape index (κ1) is 21.1. The number of aryl methyl sites for hydroxylation is 1. The third kappa shape index (κ3) is 5.38. The zero-order chi connectivity index (χ0) is 17.6. The Hall–Kier alpha value is -1.24. The van der Waals surface area contributed by atoms with Gasteiger partial charge in [-0.15, -0.1) is 12.4 Å². The third-order valence-corrected chi connectivity index (χ3v) is 6.08. The lowest BCUT2D eigenvalue weighted by molar-refractivity contribution is -0.133. The van der Waals surface area contributed by atoms with Crippen LogP contribution in [-0.2, 0) is 11.2 Å². The van der Waals surface area contributed by atoms with E-state index >= 15 is 0 Å². The maximum absolute atomic E-state index is 12.6.